The summed E-state index contributed by atoms with van der Waals surface area (Å²) >= 11 is 0. The predicted octanol–water partition coefficient (Wildman–Crippen LogP) is 3.27. The lowest BCUT2D eigenvalue weighted by molar-refractivity contribution is -0.0505. The molecule has 4 rings (SSSR count). The Balaban J connectivity index is 1.38. The number of fused-ring (bicyclic) bond motifs is 1. The Labute approximate surface area is 177 Å². The molecule has 2 heterocycles. The normalized spacial score (nSPS) is 12.8. The fraction of sp³-hybridized carbons (Fsp3) is 0.238. The lowest BCUT2D eigenvalue weighted by atomic mass is 10.1. The van der Waals surface area contributed by atoms with Gasteiger partial charge in [0.2, 0.25) is 6.79 Å². The van der Waals surface area contributed by atoms with Crippen LogP contribution in [-0.2, 0) is 13.1 Å². The third kappa shape index (κ3) is 5.03. The number of hydrogen-bond acceptors (Lipinski definition) is 5. The van der Waals surface area contributed by atoms with Gasteiger partial charge >= 0.3 is 6.61 Å². The summed E-state index contributed by atoms with van der Waals surface area (Å²) < 4.78 is 40.8. The van der Waals surface area contributed by atoms with Crippen molar-refractivity contribution in [1.29, 1.82) is 0 Å². The Morgan fingerprint density at radius 3 is 2.65 bits per heavy atom. The zero-order valence-electron chi connectivity index (χ0n) is 16.7. The van der Waals surface area contributed by atoms with Gasteiger partial charge in [-0.25, -0.2) is 4.98 Å². The van der Waals surface area contributed by atoms with Crippen molar-refractivity contribution in [2.45, 2.75) is 19.7 Å². The summed E-state index contributed by atoms with van der Waals surface area (Å²) in [5.74, 6) is 2.06. The molecule has 8 nitrogen and oxygen atoms in total. The summed E-state index contributed by atoms with van der Waals surface area (Å²) in [6, 6.07) is 12.9. The van der Waals surface area contributed by atoms with Gasteiger partial charge in [0.15, 0.2) is 17.5 Å². The molecule has 0 spiro atoms. The monoisotopic (exact) mass is 429 g/mol. The quantitative estimate of drug-likeness (QED) is 0.394. The third-order valence-corrected chi connectivity index (χ3v) is 4.58. The molecule has 0 fully saturated rings. The molecule has 0 saturated heterocycles. The first-order valence-electron chi connectivity index (χ1n) is 9.53. The number of ether oxygens (including phenoxy) is 3. The maximum Gasteiger partial charge on any atom is 0.387 e. The van der Waals surface area contributed by atoms with Crippen molar-refractivity contribution >= 4 is 5.96 Å². The summed E-state index contributed by atoms with van der Waals surface area (Å²) in [6.45, 7) is -2.33. The first kappa shape index (κ1) is 20.5. The van der Waals surface area contributed by atoms with Gasteiger partial charge in [-0.2, -0.15) is 8.78 Å². The number of aromatic amines is 1. The van der Waals surface area contributed by atoms with Crippen LogP contribution in [0.2, 0.25) is 0 Å². The molecule has 0 bridgehead atoms. The van der Waals surface area contributed by atoms with Gasteiger partial charge in [0.1, 0.15) is 11.6 Å². The van der Waals surface area contributed by atoms with Crippen molar-refractivity contribution < 1.29 is 23.0 Å². The van der Waals surface area contributed by atoms with E-state index in [1.165, 1.54) is 6.07 Å². The number of alkyl halides is 2. The van der Waals surface area contributed by atoms with Gasteiger partial charge in [0.05, 0.1) is 18.4 Å². The highest BCUT2D eigenvalue weighted by Crippen LogP contribution is 2.38. The minimum absolute atomic E-state index is 0.0146. The van der Waals surface area contributed by atoms with Crippen LogP contribution in [0.5, 0.6) is 17.2 Å². The van der Waals surface area contributed by atoms with Crippen molar-refractivity contribution in [3.63, 3.8) is 0 Å². The van der Waals surface area contributed by atoms with Crippen LogP contribution in [-0.4, -0.2) is 36.4 Å². The minimum Gasteiger partial charge on any atom is -0.454 e. The van der Waals surface area contributed by atoms with E-state index in [9.17, 15) is 8.78 Å². The average molecular weight is 429 g/mol. The fourth-order valence-corrected chi connectivity index (χ4v) is 3.09. The van der Waals surface area contributed by atoms with Crippen LogP contribution in [0.3, 0.4) is 0 Å². The highest BCUT2D eigenvalue weighted by atomic mass is 19.3. The molecule has 0 amide bonds. The number of halogens is 2. The second-order valence-electron chi connectivity index (χ2n) is 6.58. The van der Waals surface area contributed by atoms with Crippen molar-refractivity contribution in [2.24, 2.45) is 4.99 Å². The van der Waals surface area contributed by atoms with Crippen molar-refractivity contribution in [3.8, 4) is 28.5 Å². The lowest BCUT2D eigenvalue weighted by Crippen LogP contribution is -2.36. The predicted molar refractivity (Wildman–Crippen MR) is 110 cm³/mol. The van der Waals surface area contributed by atoms with Crippen LogP contribution < -0.4 is 24.8 Å². The molecule has 31 heavy (non-hydrogen) atoms. The van der Waals surface area contributed by atoms with Gasteiger partial charge < -0.3 is 29.8 Å². The number of benzene rings is 2. The molecule has 1 aromatic heterocycles. The Hall–Kier alpha value is -3.82. The molecule has 3 aromatic rings. The maximum absolute atomic E-state index is 12.8. The van der Waals surface area contributed by atoms with Crippen LogP contribution in [0.1, 0.15) is 11.4 Å². The summed E-state index contributed by atoms with van der Waals surface area (Å²) in [5.41, 5.74) is 2.43. The SMILES string of the molecule is CN=C(NCc1ncc(-c2ccccc2)[nH]1)NCc1cc2c(cc1OC(F)F)OCO2. The van der Waals surface area contributed by atoms with Gasteiger partial charge in [0.25, 0.3) is 0 Å². The molecule has 2 aromatic carbocycles. The first-order chi connectivity index (χ1) is 15.1. The van der Waals surface area contributed by atoms with E-state index in [4.69, 9.17) is 9.47 Å². The largest absolute Gasteiger partial charge is 0.454 e. The molecule has 1 aliphatic heterocycles. The number of imidazole rings is 1. The second-order valence-corrected chi connectivity index (χ2v) is 6.58. The number of H-pyrrole nitrogens is 1. The second kappa shape index (κ2) is 9.33. The maximum atomic E-state index is 12.8. The van der Waals surface area contributed by atoms with Gasteiger partial charge in [-0.05, 0) is 11.6 Å². The minimum atomic E-state index is -2.95. The molecular weight excluding hydrogens is 408 g/mol. The summed E-state index contributed by atoms with van der Waals surface area (Å²) in [4.78, 5) is 11.8. The Bertz CT molecular complexity index is 1060. The molecular formula is C21H21F2N5O3. The van der Waals surface area contributed by atoms with Gasteiger partial charge in [0, 0.05) is 25.2 Å². The highest BCUT2D eigenvalue weighted by molar-refractivity contribution is 5.79. The lowest BCUT2D eigenvalue weighted by Gasteiger charge is -2.15. The van der Waals surface area contributed by atoms with Crippen molar-refractivity contribution in [1.82, 2.24) is 20.6 Å². The smallest absolute Gasteiger partial charge is 0.387 e. The number of nitrogens with zero attached hydrogens (tertiary/aromatic N) is 2. The first-order valence-corrected chi connectivity index (χ1v) is 9.53. The number of aliphatic imine (C=N–C) groups is 1. The number of nitrogens with one attached hydrogen (secondary N) is 3. The van der Waals surface area contributed by atoms with Gasteiger partial charge in [-0.3, -0.25) is 4.99 Å². The van der Waals surface area contributed by atoms with Crippen LogP contribution in [0.15, 0.2) is 53.7 Å². The molecule has 3 N–H and O–H groups in total. The van der Waals surface area contributed by atoms with Crippen molar-refractivity contribution in [3.05, 3.63) is 60.0 Å². The summed E-state index contributed by atoms with van der Waals surface area (Å²) in [7, 11) is 1.61. The van der Waals surface area contributed by atoms with E-state index >= 15 is 0 Å². The van der Waals surface area contributed by atoms with E-state index in [1.54, 1.807) is 19.3 Å². The van der Waals surface area contributed by atoms with Crippen LogP contribution in [0.25, 0.3) is 11.3 Å². The van der Waals surface area contributed by atoms with E-state index in [0.29, 0.717) is 29.6 Å². The standard InChI is InChI=1S/C21H21F2N5O3/c1-24-21(27-11-19-25-10-15(28-19)13-5-3-2-4-6-13)26-9-14-7-17-18(30-12-29-17)8-16(14)31-20(22)23/h2-8,10,20H,9,11-12H2,1H3,(H,25,28)(H2,24,26,27). The van der Waals surface area contributed by atoms with E-state index in [2.05, 4.69) is 30.3 Å². The van der Waals surface area contributed by atoms with Gasteiger partial charge in [-0.15, -0.1) is 0 Å². The van der Waals surface area contributed by atoms with E-state index < -0.39 is 6.61 Å². The molecule has 0 radical (unpaired) electrons. The molecule has 1 aliphatic rings. The molecule has 10 heteroatoms. The number of hydrogen-bond donors (Lipinski definition) is 3. The topological polar surface area (TPSA) is 92.8 Å². The summed E-state index contributed by atoms with van der Waals surface area (Å²) in [5, 5.41) is 6.21. The van der Waals surface area contributed by atoms with E-state index in [0.717, 1.165) is 17.1 Å². The molecule has 0 saturated carbocycles. The molecule has 0 aliphatic carbocycles. The van der Waals surface area contributed by atoms with Crippen LogP contribution in [0, 0.1) is 0 Å². The zero-order chi connectivity index (χ0) is 21.6. The molecule has 0 unspecified atom stereocenters. The third-order valence-electron chi connectivity index (χ3n) is 4.58. The highest BCUT2D eigenvalue weighted by Gasteiger charge is 2.20. The molecule has 162 valence electrons. The van der Waals surface area contributed by atoms with Crippen LogP contribution >= 0.6 is 0 Å². The van der Waals surface area contributed by atoms with Crippen molar-refractivity contribution in [2.75, 3.05) is 13.8 Å². The van der Waals surface area contributed by atoms with E-state index in [-0.39, 0.29) is 19.1 Å². The number of aromatic nitrogens is 2. The van der Waals surface area contributed by atoms with Crippen LogP contribution in [0.4, 0.5) is 8.78 Å². The molecule has 0 atom stereocenters. The number of rotatable bonds is 7. The van der Waals surface area contributed by atoms with Gasteiger partial charge in [-0.1, -0.05) is 30.3 Å². The Morgan fingerprint density at radius 1 is 1.16 bits per heavy atom. The Morgan fingerprint density at radius 2 is 1.90 bits per heavy atom. The fourth-order valence-electron chi connectivity index (χ4n) is 3.09. The average Bonchev–Trinajstić information content (AvgIpc) is 3.43. The summed E-state index contributed by atoms with van der Waals surface area (Å²) in [6.07, 6.45) is 1.77. The zero-order valence-corrected chi connectivity index (χ0v) is 16.7. The number of guanidine groups is 1. The van der Waals surface area contributed by atoms with E-state index in [1.807, 2.05) is 30.3 Å². The Kier molecular flexibility index (Phi) is 6.16.